The van der Waals surface area contributed by atoms with Gasteiger partial charge in [0.15, 0.2) is 6.61 Å². The number of amides is 1. The van der Waals surface area contributed by atoms with E-state index in [1.54, 1.807) is 25.3 Å². The minimum absolute atomic E-state index is 0.250. The molecule has 140 valence electrons. The number of rotatable bonds is 7. The zero-order valence-electron chi connectivity index (χ0n) is 15.1. The first-order chi connectivity index (χ1) is 13.0. The molecule has 0 saturated carbocycles. The number of benzene rings is 2. The standard InChI is InChI=1S/C20H20N2O3S2/c1-14(26-15-8-4-3-5-9-15)20(24)25-13-19(23)22(2)12-18-21-16-10-6-7-11-17(16)27-18/h3-11,14H,12-13H2,1-2H3/t14-/m1/s1. The zero-order chi connectivity index (χ0) is 19.2. The smallest absolute Gasteiger partial charge is 0.319 e. The Hall–Kier alpha value is -2.38. The van der Waals surface area contributed by atoms with Crippen molar-refractivity contribution in [3.63, 3.8) is 0 Å². The maximum absolute atomic E-state index is 12.3. The van der Waals surface area contributed by atoms with Crippen LogP contribution in [0.1, 0.15) is 11.9 Å². The third-order valence-electron chi connectivity index (χ3n) is 3.86. The van der Waals surface area contributed by atoms with Crippen LogP contribution in [0.3, 0.4) is 0 Å². The molecule has 5 nitrogen and oxygen atoms in total. The number of ether oxygens (including phenoxy) is 1. The predicted molar refractivity (Wildman–Crippen MR) is 109 cm³/mol. The van der Waals surface area contributed by atoms with Crippen LogP contribution in [0.25, 0.3) is 10.2 Å². The van der Waals surface area contributed by atoms with Gasteiger partial charge in [-0.25, -0.2) is 4.98 Å². The number of thiazole rings is 1. The molecule has 7 heteroatoms. The first kappa shape index (κ1) is 19.4. The molecule has 0 saturated heterocycles. The highest BCUT2D eigenvalue weighted by atomic mass is 32.2. The normalized spacial score (nSPS) is 11.9. The molecular formula is C20H20N2O3S2. The summed E-state index contributed by atoms with van der Waals surface area (Å²) in [6, 6.07) is 17.5. The fourth-order valence-corrected chi connectivity index (χ4v) is 4.30. The second-order valence-corrected chi connectivity index (χ2v) is 8.54. The third kappa shape index (κ3) is 5.30. The Kier molecular flexibility index (Phi) is 6.47. The maximum atomic E-state index is 12.3. The van der Waals surface area contributed by atoms with Gasteiger partial charge in [0.1, 0.15) is 10.3 Å². The number of likely N-dealkylation sites (N-methyl/N-ethyl adjacent to an activating group) is 1. The lowest BCUT2D eigenvalue weighted by molar-refractivity contribution is -0.151. The second kappa shape index (κ2) is 9.01. The lowest BCUT2D eigenvalue weighted by atomic mass is 10.3. The minimum Gasteiger partial charge on any atom is -0.455 e. The van der Waals surface area contributed by atoms with E-state index in [4.69, 9.17) is 4.74 Å². The molecule has 3 aromatic rings. The fourth-order valence-electron chi connectivity index (χ4n) is 2.39. The van der Waals surface area contributed by atoms with Gasteiger partial charge in [0, 0.05) is 11.9 Å². The highest BCUT2D eigenvalue weighted by Crippen LogP contribution is 2.24. The molecule has 1 amide bonds. The Morgan fingerprint density at radius 3 is 2.59 bits per heavy atom. The molecule has 0 radical (unpaired) electrons. The second-order valence-electron chi connectivity index (χ2n) is 6.01. The molecule has 0 aliphatic carbocycles. The molecule has 3 rings (SSSR count). The molecule has 0 N–H and O–H groups in total. The molecule has 2 aromatic carbocycles. The number of thioether (sulfide) groups is 1. The van der Waals surface area contributed by atoms with Crippen molar-refractivity contribution in [3.8, 4) is 0 Å². The van der Waals surface area contributed by atoms with Gasteiger partial charge >= 0.3 is 5.97 Å². The van der Waals surface area contributed by atoms with Crippen LogP contribution in [0.5, 0.6) is 0 Å². The largest absolute Gasteiger partial charge is 0.455 e. The Morgan fingerprint density at radius 2 is 1.85 bits per heavy atom. The van der Waals surface area contributed by atoms with Gasteiger partial charge in [0.2, 0.25) is 0 Å². The van der Waals surface area contributed by atoms with Crippen LogP contribution < -0.4 is 0 Å². The number of para-hydroxylation sites is 1. The van der Waals surface area contributed by atoms with Gasteiger partial charge in [-0.15, -0.1) is 23.1 Å². The predicted octanol–water partition coefficient (Wildman–Crippen LogP) is 3.98. The Labute approximate surface area is 166 Å². The molecule has 27 heavy (non-hydrogen) atoms. The molecule has 0 unspecified atom stereocenters. The first-order valence-electron chi connectivity index (χ1n) is 8.49. The molecule has 0 spiro atoms. The summed E-state index contributed by atoms with van der Waals surface area (Å²) >= 11 is 2.97. The zero-order valence-corrected chi connectivity index (χ0v) is 16.8. The van der Waals surface area contributed by atoms with Crippen LogP contribution in [-0.2, 0) is 20.9 Å². The maximum Gasteiger partial charge on any atom is 0.319 e. The van der Waals surface area contributed by atoms with Crippen molar-refractivity contribution < 1.29 is 14.3 Å². The number of fused-ring (bicyclic) bond motifs is 1. The van der Waals surface area contributed by atoms with Crippen LogP contribution in [0.15, 0.2) is 59.5 Å². The van der Waals surface area contributed by atoms with E-state index in [1.807, 2.05) is 54.6 Å². The number of hydrogen-bond donors (Lipinski definition) is 0. The van der Waals surface area contributed by atoms with Gasteiger partial charge in [-0.05, 0) is 31.2 Å². The lowest BCUT2D eigenvalue weighted by Crippen LogP contribution is -2.32. The monoisotopic (exact) mass is 400 g/mol. The summed E-state index contributed by atoms with van der Waals surface area (Å²) in [6.07, 6.45) is 0. The highest BCUT2D eigenvalue weighted by molar-refractivity contribution is 8.00. The average molecular weight is 401 g/mol. The molecule has 0 aliphatic rings. The SMILES string of the molecule is C[C@@H](Sc1ccccc1)C(=O)OCC(=O)N(C)Cc1nc2ccccc2s1. The van der Waals surface area contributed by atoms with E-state index < -0.39 is 5.97 Å². The van der Waals surface area contributed by atoms with E-state index in [0.29, 0.717) is 6.54 Å². The Bertz CT molecular complexity index is 894. The van der Waals surface area contributed by atoms with Gasteiger partial charge in [0.05, 0.1) is 16.8 Å². The molecule has 0 bridgehead atoms. The molecule has 1 atom stereocenters. The van der Waals surface area contributed by atoms with Crippen molar-refractivity contribution in [2.45, 2.75) is 23.6 Å². The van der Waals surface area contributed by atoms with Gasteiger partial charge in [-0.2, -0.15) is 0 Å². The molecule has 0 fully saturated rings. The summed E-state index contributed by atoms with van der Waals surface area (Å²) in [5, 5.41) is 0.473. The molecule has 0 aliphatic heterocycles. The number of carbonyl (C=O) groups excluding carboxylic acids is 2. The number of carbonyl (C=O) groups is 2. The Balaban J connectivity index is 1.48. The van der Waals surface area contributed by atoms with Crippen molar-refractivity contribution in [3.05, 3.63) is 59.6 Å². The van der Waals surface area contributed by atoms with Gasteiger partial charge in [0.25, 0.3) is 5.91 Å². The third-order valence-corrected chi connectivity index (χ3v) is 5.97. The van der Waals surface area contributed by atoms with Crippen LogP contribution in [-0.4, -0.2) is 40.7 Å². The molecular weight excluding hydrogens is 380 g/mol. The number of esters is 1. The molecule has 1 heterocycles. The van der Waals surface area contributed by atoms with Gasteiger partial charge in [-0.3, -0.25) is 9.59 Å². The minimum atomic E-state index is -0.398. The van der Waals surface area contributed by atoms with Crippen molar-refractivity contribution in [2.24, 2.45) is 0 Å². The van der Waals surface area contributed by atoms with E-state index >= 15 is 0 Å². The van der Waals surface area contributed by atoms with Crippen molar-refractivity contribution >= 4 is 45.2 Å². The van der Waals surface area contributed by atoms with E-state index in [2.05, 4.69) is 4.98 Å². The van der Waals surface area contributed by atoms with Crippen LogP contribution >= 0.6 is 23.1 Å². The number of aromatic nitrogens is 1. The van der Waals surface area contributed by atoms with Crippen molar-refractivity contribution in [1.29, 1.82) is 0 Å². The summed E-state index contributed by atoms with van der Waals surface area (Å²) in [4.78, 5) is 31.4. The van der Waals surface area contributed by atoms with E-state index in [1.165, 1.54) is 16.7 Å². The van der Waals surface area contributed by atoms with Crippen molar-refractivity contribution in [1.82, 2.24) is 9.88 Å². The Morgan fingerprint density at radius 1 is 1.15 bits per heavy atom. The summed E-state index contributed by atoms with van der Waals surface area (Å²) in [5.41, 5.74) is 0.927. The summed E-state index contributed by atoms with van der Waals surface area (Å²) in [7, 11) is 1.68. The average Bonchev–Trinajstić information content (AvgIpc) is 3.08. The van der Waals surface area contributed by atoms with Crippen LogP contribution in [0.4, 0.5) is 0 Å². The van der Waals surface area contributed by atoms with Crippen LogP contribution in [0.2, 0.25) is 0 Å². The lowest BCUT2D eigenvalue weighted by Gasteiger charge is -2.16. The summed E-state index contributed by atoms with van der Waals surface area (Å²) < 4.78 is 6.28. The van der Waals surface area contributed by atoms with Gasteiger partial charge in [-0.1, -0.05) is 30.3 Å². The van der Waals surface area contributed by atoms with E-state index in [0.717, 1.165) is 20.1 Å². The van der Waals surface area contributed by atoms with E-state index in [-0.39, 0.29) is 17.8 Å². The topological polar surface area (TPSA) is 59.5 Å². The summed E-state index contributed by atoms with van der Waals surface area (Å²) in [5.74, 6) is -0.648. The highest BCUT2D eigenvalue weighted by Gasteiger charge is 2.19. The quantitative estimate of drug-likeness (QED) is 0.443. The van der Waals surface area contributed by atoms with E-state index in [9.17, 15) is 9.59 Å². The molecule has 1 aromatic heterocycles. The summed E-state index contributed by atoms with van der Waals surface area (Å²) in [6.45, 7) is 1.90. The van der Waals surface area contributed by atoms with Crippen LogP contribution in [0, 0.1) is 0 Å². The number of nitrogens with zero attached hydrogens (tertiary/aromatic N) is 2. The first-order valence-corrected chi connectivity index (χ1v) is 10.2. The number of hydrogen-bond acceptors (Lipinski definition) is 6. The fraction of sp³-hybridized carbons (Fsp3) is 0.250. The van der Waals surface area contributed by atoms with Crippen molar-refractivity contribution in [2.75, 3.05) is 13.7 Å². The van der Waals surface area contributed by atoms with Gasteiger partial charge < -0.3 is 9.64 Å².